The van der Waals surface area contributed by atoms with Crippen LogP contribution in [-0.4, -0.2) is 26.0 Å². The molecule has 6 nitrogen and oxygen atoms in total. The van der Waals surface area contributed by atoms with Crippen LogP contribution in [0.3, 0.4) is 0 Å². The van der Waals surface area contributed by atoms with Crippen LogP contribution in [0.4, 0.5) is 11.4 Å². The number of carbonyl (C=O) groups excluding carboxylic acids is 2. The molecule has 0 aliphatic carbocycles. The fraction of sp³-hybridized carbons (Fsp3) is 0.0833. The molecule has 32 heavy (non-hydrogen) atoms. The fourth-order valence-corrected chi connectivity index (χ4v) is 4.37. The molecule has 0 atom stereocenters. The van der Waals surface area contributed by atoms with Crippen molar-refractivity contribution in [3.05, 3.63) is 81.2 Å². The van der Waals surface area contributed by atoms with Gasteiger partial charge in [0.25, 0.3) is 11.8 Å². The first-order valence-electron chi connectivity index (χ1n) is 9.65. The van der Waals surface area contributed by atoms with E-state index in [1.54, 1.807) is 38.5 Å². The summed E-state index contributed by atoms with van der Waals surface area (Å²) in [6.07, 6.45) is 0. The molecule has 0 unspecified atom stereocenters. The number of hydrogen-bond donors (Lipinski definition) is 2. The van der Waals surface area contributed by atoms with Crippen molar-refractivity contribution in [2.24, 2.45) is 0 Å². The van der Waals surface area contributed by atoms with Gasteiger partial charge in [0, 0.05) is 0 Å². The van der Waals surface area contributed by atoms with E-state index in [2.05, 4.69) is 10.6 Å². The first-order chi connectivity index (χ1) is 15.6. The average molecular weight is 465 g/mol. The van der Waals surface area contributed by atoms with Gasteiger partial charge in [-0.15, -0.1) is 22.7 Å². The van der Waals surface area contributed by atoms with Crippen LogP contribution >= 0.6 is 22.7 Å². The summed E-state index contributed by atoms with van der Waals surface area (Å²) in [4.78, 5) is 26.0. The summed E-state index contributed by atoms with van der Waals surface area (Å²) in [5.41, 5.74) is 2.93. The maximum atomic E-state index is 12.4. The monoisotopic (exact) mass is 464 g/mol. The smallest absolute Gasteiger partial charge is 0.265 e. The highest BCUT2D eigenvalue weighted by Gasteiger charge is 2.14. The Kier molecular flexibility index (Phi) is 6.53. The molecule has 0 spiro atoms. The lowest BCUT2D eigenvalue weighted by molar-refractivity contribution is 0.102. The Bertz CT molecular complexity index is 1140. The molecule has 0 aliphatic rings. The molecular weight excluding hydrogens is 444 g/mol. The molecule has 0 radical (unpaired) electrons. The molecule has 2 N–H and O–H groups in total. The van der Waals surface area contributed by atoms with Crippen molar-refractivity contribution in [1.29, 1.82) is 0 Å². The summed E-state index contributed by atoms with van der Waals surface area (Å²) < 4.78 is 11.0. The Balaban J connectivity index is 1.57. The molecule has 0 bridgehead atoms. The molecule has 162 valence electrons. The summed E-state index contributed by atoms with van der Waals surface area (Å²) in [6, 6.07) is 18.3. The molecule has 2 heterocycles. The Morgan fingerprint density at radius 2 is 1.12 bits per heavy atom. The predicted octanol–water partition coefficient (Wildman–Crippen LogP) is 6.00. The molecular formula is C24H20N2O4S2. The molecule has 2 amide bonds. The first kappa shape index (κ1) is 21.6. The number of ether oxygens (including phenoxy) is 2. The number of rotatable bonds is 7. The molecule has 4 aromatic rings. The van der Waals surface area contributed by atoms with Crippen LogP contribution in [0.25, 0.3) is 11.1 Å². The highest BCUT2D eigenvalue weighted by molar-refractivity contribution is 7.12. The van der Waals surface area contributed by atoms with Crippen molar-refractivity contribution in [2.75, 3.05) is 24.9 Å². The van der Waals surface area contributed by atoms with Crippen molar-refractivity contribution < 1.29 is 19.1 Å². The normalized spacial score (nSPS) is 10.4. The summed E-state index contributed by atoms with van der Waals surface area (Å²) in [6.45, 7) is 0. The highest BCUT2D eigenvalue weighted by Crippen LogP contribution is 2.35. The number of hydrogen-bond acceptors (Lipinski definition) is 6. The van der Waals surface area contributed by atoms with Crippen LogP contribution in [0.15, 0.2) is 71.4 Å². The minimum atomic E-state index is -0.182. The lowest BCUT2D eigenvalue weighted by atomic mass is 10.0. The number of carbonyl (C=O) groups is 2. The van der Waals surface area contributed by atoms with E-state index in [0.29, 0.717) is 32.6 Å². The van der Waals surface area contributed by atoms with Gasteiger partial charge in [0.15, 0.2) is 0 Å². The van der Waals surface area contributed by atoms with Gasteiger partial charge in [0.1, 0.15) is 11.5 Å². The van der Waals surface area contributed by atoms with Gasteiger partial charge in [-0.2, -0.15) is 0 Å². The third-order valence-corrected chi connectivity index (χ3v) is 6.46. The van der Waals surface area contributed by atoms with Gasteiger partial charge < -0.3 is 20.1 Å². The maximum Gasteiger partial charge on any atom is 0.265 e. The van der Waals surface area contributed by atoms with E-state index in [0.717, 1.165) is 11.1 Å². The minimum absolute atomic E-state index is 0.182. The second-order valence-corrected chi connectivity index (χ2v) is 8.59. The van der Waals surface area contributed by atoms with E-state index in [1.807, 2.05) is 47.2 Å². The fourth-order valence-electron chi connectivity index (χ4n) is 3.13. The Morgan fingerprint density at radius 3 is 1.47 bits per heavy atom. The number of amides is 2. The molecule has 2 aromatic heterocycles. The van der Waals surface area contributed by atoms with Crippen LogP contribution < -0.4 is 20.1 Å². The van der Waals surface area contributed by atoms with Crippen LogP contribution in [0, 0.1) is 0 Å². The molecule has 4 rings (SSSR count). The molecule has 0 fully saturated rings. The number of methoxy groups -OCH3 is 2. The second-order valence-electron chi connectivity index (χ2n) is 6.69. The lowest BCUT2D eigenvalue weighted by Crippen LogP contribution is -2.11. The van der Waals surface area contributed by atoms with E-state index in [-0.39, 0.29) is 11.8 Å². The topological polar surface area (TPSA) is 76.7 Å². The van der Waals surface area contributed by atoms with Gasteiger partial charge in [-0.25, -0.2) is 0 Å². The van der Waals surface area contributed by atoms with Gasteiger partial charge in [-0.1, -0.05) is 24.3 Å². The molecule has 0 aliphatic heterocycles. The quantitative estimate of drug-likeness (QED) is 0.352. The van der Waals surface area contributed by atoms with Gasteiger partial charge >= 0.3 is 0 Å². The molecule has 0 saturated carbocycles. The standard InChI is InChI=1S/C24H20N2O4S2/c1-29-19-13-15(7-9-17(19)25-23(27)21-5-3-11-31-21)16-8-10-18(20(14-16)30-2)26-24(28)22-6-4-12-32-22/h3-14H,1-2H3,(H,25,27)(H,26,28). The maximum absolute atomic E-state index is 12.4. The number of benzene rings is 2. The van der Waals surface area contributed by atoms with Gasteiger partial charge in [0.05, 0.1) is 35.3 Å². The van der Waals surface area contributed by atoms with E-state index in [1.165, 1.54) is 22.7 Å². The van der Waals surface area contributed by atoms with Gasteiger partial charge in [0.2, 0.25) is 0 Å². The largest absolute Gasteiger partial charge is 0.495 e. The zero-order valence-corrected chi connectivity index (χ0v) is 19.0. The van der Waals surface area contributed by atoms with Gasteiger partial charge in [-0.3, -0.25) is 9.59 Å². The Labute approximate surface area is 193 Å². The first-order valence-corrected chi connectivity index (χ1v) is 11.4. The SMILES string of the molecule is COc1cc(-c2ccc(NC(=O)c3cccs3)c(OC)c2)ccc1NC(=O)c1cccs1. The third-order valence-electron chi connectivity index (χ3n) is 4.72. The highest BCUT2D eigenvalue weighted by atomic mass is 32.1. The molecule has 2 aromatic carbocycles. The zero-order valence-electron chi connectivity index (χ0n) is 17.4. The van der Waals surface area contributed by atoms with Crippen molar-refractivity contribution in [3.63, 3.8) is 0 Å². The van der Waals surface area contributed by atoms with Crippen LogP contribution in [0.2, 0.25) is 0 Å². The van der Waals surface area contributed by atoms with E-state index in [4.69, 9.17) is 9.47 Å². The number of anilines is 2. The molecule has 8 heteroatoms. The average Bonchev–Trinajstić information content (AvgIpc) is 3.54. The summed E-state index contributed by atoms with van der Waals surface area (Å²) >= 11 is 2.75. The minimum Gasteiger partial charge on any atom is -0.495 e. The molecule has 0 saturated heterocycles. The predicted molar refractivity (Wildman–Crippen MR) is 130 cm³/mol. The Morgan fingerprint density at radius 1 is 0.688 bits per heavy atom. The van der Waals surface area contributed by atoms with Crippen molar-refractivity contribution >= 4 is 45.9 Å². The zero-order chi connectivity index (χ0) is 22.5. The lowest BCUT2D eigenvalue weighted by Gasteiger charge is -2.14. The number of nitrogens with one attached hydrogen (secondary N) is 2. The van der Waals surface area contributed by atoms with Crippen molar-refractivity contribution in [2.45, 2.75) is 0 Å². The van der Waals surface area contributed by atoms with E-state index < -0.39 is 0 Å². The third kappa shape index (κ3) is 4.66. The van der Waals surface area contributed by atoms with Crippen LogP contribution in [0.5, 0.6) is 11.5 Å². The van der Waals surface area contributed by atoms with Crippen molar-refractivity contribution in [1.82, 2.24) is 0 Å². The summed E-state index contributed by atoms with van der Waals surface area (Å²) in [5, 5.41) is 9.48. The summed E-state index contributed by atoms with van der Waals surface area (Å²) in [7, 11) is 3.12. The van der Waals surface area contributed by atoms with E-state index >= 15 is 0 Å². The number of thiophene rings is 2. The Hall–Kier alpha value is -3.62. The van der Waals surface area contributed by atoms with Gasteiger partial charge in [-0.05, 0) is 58.3 Å². The van der Waals surface area contributed by atoms with Crippen LogP contribution in [-0.2, 0) is 0 Å². The van der Waals surface area contributed by atoms with Crippen molar-refractivity contribution in [3.8, 4) is 22.6 Å². The van der Waals surface area contributed by atoms with Crippen LogP contribution in [0.1, 0.15) is 19.3 Å². The summed E-state index contributed by atoms with van der Waals surface area (Å²) in [5.74, 6) is 0.722. The second kappa shape index (κ2) is 9.67. The van der Waals surface area contributed by atoms with E-state index in [9.17, 15) is 9.59 Å².